The van der Waals surface area contributed by atoms with E-state index in [0.717, 1.165) is 12.0 Å². The lowest BCUT2D eigenvalue weighted by molar-refractivity contribution is -0.266. The van der Waals surface area contributed by atoms with E-state index in [9.17, 15) is 39.3 Å². The molecular weight excluding hydrogens is 983 g/mol. The molecule has 2 heterocycles. The van der Waals surface area contributed by atoms with E-state index in [1.807, 2.05) is 59.8 Å². The van der Waals surface area contributed by atoms with Crippen molar-refractivity contribution < 1.29 is 82.3 Å². The molecular formula is C58H97NO17. The van der Waals surface area contributed by atoms with Crippen LogP contribution in [0.1, 0.15) is 139 Å². The average Bonchev–Trinajstić information content (AvgIpc) is 3.40. The van der Waals surface area contributed by atoms with Gasteiger partial charge in [-0.15, -0.1) is 0 Å². The molecule has 0 spiro atoms. The maximum absolute atomic E-state index is 14.6. The van der Waals surface area contributed by atoms with Gasteiger partial charge in [0.05, 0.1) is 77.3 Å². The van der Waals surface area contributed by atoms with Crippen molar-refractivity contribution in [2.45, 2.75) is 194 Å². The number of nitrogens with zero attached hydrogens (tertiary/aromatic N) is 1. The number of amides is 1. The molecule has 4 N–H and O–H groups in total. The van der Waals surface area contributed by atoms with Crippen LogP contribution >= 0.6 is 0 Å². The van der Waals surface area contributed by atoms with E-state index in [4.69, 9.17) is 43.0 Å². The smallest absolute Gasteiger partial charge is 0.329 e. The Hall–Kier alpha value is -3.27. The molecule has 76 heavy (non-hydrogen) atoms. The van der Waals surface area contributed by atoms with Gasteiger partial charge >= 0.3 is 5.97 Å². The molecule has 0 aromatic rings. The largest absolute Gasteiger partial charge is 0.460 e. The number of allylic oxidation sites excluding steroid dienone is 4. The number of ether oxygens (including phenoxy) is 8. The number of aliphatic hydroxyl groups excluding tert-OH is 3. The number of aliphatic hydroxyl groups is 4. The van der Waals surface area contributed by atoms with E-state index in [1.165, 1.54) is 12.0 Å². The first kappa shape index (κ1) is 67.0. The summed E-state index contributed by atoms with van der Waals surface area (Å²) in [4.78, 5) is 72.3. The molecule has 436 valence electrons. The van der Waals surface area contributed by atoms with Crippen LogP contribution in [0, 0.1) is 35.5 Å². The highest BCUT2D eigenvalue weighted by atomic mass is 16.6. The molecule has 0 bridgehead atoms. The summed E-state index contributed by atoms with van der Waals surface area (Å²) in [5.74, 6) is -7.82. The molecule has 1 amide bonds. The summed E-state index contributed by atoms with van der Waals surface area (Å²) in [6, 6.07) is -1.18. The van der Waals surface area contributed by atoms with E-state index < -0.39 is 71.8 Å². The Kier molecular flexibility index (Phi) is 30.6. The van der Waals surface area contributed by atoms with Gasteiger partial charge in [-0.25, -0.2) is 4.79 Å². The molecule has 18 heteroatoms. The lowest BCUT2D eigenvalue weighted by Crippen LogP contribution is -2.61. The molecule has 18 nitrogen and oxygen atoms in total. The highest BCUT2D eigenvalue weighted by Crippen LogP contribution is 2.38. The van der Waals surface area contributed by atoms with Gasteiger partial charge in [-0.3, -0.25) is 19.2 Å². The van der Waals surface area contributed by atoms with Crippen molar-refractivity contribution in [1.29, 1.82) is 0 Å². The van der Waals surface area contributed by atoms with Crippen molar-refractivity contribution in [3.05, 3.63) is 35.5 Å². The van der Waals surface area contributed by atoms with Gasteiger partial charge in [-0.1, -0.05) is 65.8 Å². The summed E-state index contributed by atoms with van der Waals surface area (Å²) in [5, 5.41) is 41.8. The third kappa shape index (κ3) is 20.8. The second-order valence-electron chi connectivity index (χ2n) is 21.9. The topological polar surface area (TPSA) is 243 Å². The number of hydrogen-bond donors (Lipinski definition) is 4. The van der Waals surface area contributed by atoms with Gasteiger partial charge in [0.1, 0.15) is 30.1 Å². The zero-order valence-corrected chi connectivity index (χ0v) is 47.8. The van der Waals surface area contributed by atoms with Crippen LogP contribution < -0.4 is 0 Å². The highest BCUT2D eigenvalue weighted by molar-refractivity contribution is 6.39. The Morgan fingerprint density at radius 1 is 0.829 bits per heavy atom. The summed E-state index contributed by atoms with van der Waals surface area (Å²) in [5.41, 5.74) is 1.27. The molecule has 2 saturated heterocycles. The monoisotopic (exact) mass is 1080 g/mol. The number of likely N-dealkylation sites (tertiary alicyclic amines) is 1. The molecule has 3 fully saturated rings. The summed E-state index contributed by atoms with van der Waals surface area (Å²) < 4.78 is 46.9. The van der Waals surface area contributed by atoms with Gasteiger partial charge in [0.15, 0.2) is 5.78 Å². The van der Waals surface area contributed by atoms with Gasteiger partial charge < -0.3 is 63.2 Å². The minimum Gasteiger partial charge on any atom is -0.460 e. The number of rotatable bonds is 35. The zero-order valence-electron chi connectivity index (χ0n) is 47.8. The van der Waals surface area contributed by atoms with Gasteiger partial charge in [0.2, 0.25) is 5.79 Å². The van der Waals surface area contributed by atoms with Crippen LogP contribution in [0.3, 0.4) is 0 Å². The normalized spacial score (nSPS) is 26.7. The molecule has 0 radical (unpaired) electrons. The van der Waals surface area contributed by atoms with E-state index in [2.05, 4.69) is 0 Å². The fraction of sp³-hybridized carbons (Fsp3) is 0.810. The predicted octanol–water partition coefficient (Wildman–Crippen LogP) is 6.06. The van der Waals surface area contributed by atoms with Crippen LogP contribution in [0.5, 0.6) is 0 Å². The number of ketones is 3. The molecule has 0 aromatic heterocycles. The van der Waals surface area contributed by atoms with Gasteiger partial charge in [0.25, 0.3) is 11.7 Å². The van der Waals surface area contributed by atoms with Crippen molar-refractivity contribution >= 4 is 29.2 Å². The lowest BCUT2D eigenvalue weighted by atomic mass is 9.78. The number of esters is 1. The molecule has 3 rings (SSSR count). The minimum absolute atomic E-state index is 0.0580. The Morgan fingerprint density at radius 3 is 2.16 bits per heavy atom. The van der Waals surface area contributed by atoms with E-state index in [0.29, 0.717) is 70.2 Å². The molecule has 0 aromatic carbocycles. The molecule has 3 aliphatic rings. The number of methoxy groups -OCH3 is 2. The third-order valence-electron chi connectivity index (χ3n) is 15.4. The van der Waals surface area contributed by atoms with Crippen molar-refractivity contribution in [2.75, 3.05) is 73.6 Å². The second kappa shape index (κ2) is 34.7. The minimum atomic E-state index is -2.49. The van der Waals surface area contributed by atoms with Crippen LogP contribution in [0.2, 0.25) is 0 Å². The van der Waals surface area contributed by atoms with Crippen molar-refractivity contribution in [3.63, 3.8) is 0 Å². The molecule has 0 unspecified atom stereocenters. The fourth-order valence-electron chi connectivity index (χ4n) is 10.8. The van der Waals surface area contributed by atoms with Crippen LogP contribution in [0.25, 0.3) is 0 Å². The van der Waals surface area contributed by atoms with Crippen LogP contribution in [-0.2, 0) is 61.9 Å². The molecule has 14 atom stereocenters. The van der Waals surface area contributed by atoms with E-state index in [1.54, 1.807) is 34.0 Å². The van der Waals surface area contributed by atoms with Gasteiger partial charge in [-0.2, -0.15) is 0 Å². The number of Topliss-reactive ketones (excluding diaryl/α,β-unsaturated/α-hetero) is 3. The quantitative estimate of drug-likeness (QED) is 0.0185. The Balaban J connectivity index is 1.86. The van der Waals surface area contributed by atoms with Crippen molar-refractivity contribution in [3.8, 4) is 0 Å². The SMILES string of the molecule is C/C=C/C=C(\C)[C@H](C[C@@H]1CC[C@@H](C)[C@](O)(C(=O)C(=O)N2CCCC[C@H]2C(=O)O[C@@H](CC(=O)[C@H](C)/C=C(\C)[C@@H](O)[C@@H](OC)C(=O)[C@H](C)CC(C)C)[C@H](C)C[C@@H]2CC[C@@H](OCCO)[C@H](OC)C2)O1)OCCOCCOCCO. The maximum Gasteiger partial charge on any atom is 0.329 e. The fourth-order valence-corrected chi connectivity index (χ4v) is 10.8. The predicted molar refractivity (Wildman–Crippen MR) is 286 cm³/mol. The molecule has 1 saturated carbocycles. The van der Waals surface area contributed by atoms with E-state index in [-0.39, 0.29) is 113 Å². The van der Waals surface area contributed by atoms with Crippen LogP contribution in [0.4, 0.5) is 0 Å². The van der Waals surface area contributed by atoms with Crippen molar-refractivity contribution in [1.82, 2.24) is 4.90 Å². The van der Waals surface area contributed by atoms with Crippen LogP contribution in [0.15, 0.2) is 35.5 Å². The standard InChI is InChI=1S/C58H97NO17/c1-12-13-16-38(4)49(74-30-29-72-28-27-71-25-23-60)35-45-20-18-43(9)58(68,76-45)55(65)56(66)59-22-15-14-17-46(59)57(67)75-50(40(6)33-44-19-21-48(73-26-24-61)51(34-44)69-10)36-47(62)39(5)32-42(8)53(64)54(70-11)52(63)41(7)31-37(2)3/h12-13,16,32,37,39-41,43-46,48-51,53-54,60-61,64,68H,14-15,17-31,33-36H2,1-11H3/b13-12+,38-16+,42-32+/t39-,40-,41-,43-,44+,45+,46+,48-,49+,50+,51-,53-,54+,58-/m1/s1. The molecule has 2 aliphatic heterocycles. The summed E-state index contributed by atoms with van der Waals surface area (Å²) in [6.45, 7) is 18.1. The maximum atomic E-state index is 14.6. The van der Waals surface area contributed by atoms with E-state index >= 15 is 0 Å². The number of hydrogen-bond acceptors (Lipinski definition) is 17. The highest BCUT2D eigenvalue weighted by Gasteiger charge is 2.53. The zero-order chi connectivity index (χ0) is 56.5. The Labute approximate surface area is 453 Å². The summed E-state index contributed by atoms with van der Waals surface area (Å²) >= 11 is 0. The number of carbonyl (C=O) groups is 5. The summed E-state index contributed by atoms with van der Waals surface area (Å²) in [7, 11) is 3.00. The Bertz CT molecular complexity index is 1870. The number of piperidine rings is 1. The van der Waals surface area contributed by atoms with Crippen LogP contribution in [-0.4, -0.2) is 183 Å². The summed E-state index contributed by atoms with van der Waals surface area (Å²) in [6.07, 6.45) is 7.88. The number of carbonyl (C=O) groups excluding carboxylic acids is 5. The first-order chi connectivity index (χ1) is 36.2. The van der Waals surface area contributed by atoms with Gasteiger partial charge in [0, 0.05) is 51.4 Å². The third-order valence-corrected chi connectivity index (χ3v) is 15.4. The first-order valence-electron chi connectivity index (χ1n) is 28.0. The second-order valence-corrected chi connectivity index (χ2v) is 21.9. The Morgan fingerprint density at radius 2 is 1.51 bits per heavy atom. The average molecular weight is 1080 g/mol. The van der Waals surface area contributed by atoms with Crippen molar-refractivity contribution in [2.24, 2.45) is 35.5 Å². The first-order valence-corrected chi connectivity index (χ1v) is 28.0. The molecule has 1 aliphatic carbocycles. The lowest BCUT2D eigenvalue weighted by Gasteiger charge is -2.43. The van der Waals surface area contributed by atoms with Gasteiger partial charge in [-0.05, 0) is 114 Å².